The van der Waals surface area contributed by atoms with E-state index in [0.717, 1.165) is 22.6 Å². The first-order valence-corrected chi connectivity index (χ1v) is 8.92. The van der Waals surface area contributed by atoms with Crippen molar-refractivity contribution in [3.05, 3.63) is 39.2 Å². The van der Waals surface area contributed by atoms with E-state index in [9.17, 15) is 0 Å². The molecule has 0 aromatic carbocycles. The summed E-state index contributed by atoms with van der Waals surface area (Å²) in [5.74, 6) is 0.940. The Labute approximate surface area is 138 Å². The summed E-state index contributed by atoms with van der Waals surface area (Å²) < 4.78 is 0. The molecule has 3 rings (SSSR count). The molecule has 0 aliphatic heterocycles. The van der Waals surface area contributed by atoms with Crippen LogP contribution in [0.15, 0.2) is 23.8 Å². The molecule has 3 heterocycles. The number of thiophene rings is 2. The fourth-order valence-corrected chi connectivity index (χ4v) is 4.45. The van der Waals surface area contributed by atoms with Gasteiger partial charge in [-0.1, -0.05) is 6.07 Å². The number of nitrogens with one attached hydrogen (secondary N) is 1. The average Bonchev–Trinajstić information content (AvgIpc) is 3.09. The van der Waals surface area contributed by atoms with Crippen molar-refractivity contribution in [2.45, 2.75) is 19.9 Å². The van der Waals surface area contributed by atoms with Crippen LogP contribution in [0, 0.1) is 13.8 Å². The maximum absolute atomic E-state index is 4.46. The number of rotatable bonds is 5. The standard InChI is InChI=1S/C16H20N4S2/c1-10-11(2)22-16-14(10)15(18-9-19-16)17-8-12(20(3)4)13-6-5-7-21-13/h5-7,9,12H,8H2,1-4H3,(H,17,18,19)/t12-/m0/s1. The largest absolute Gasteiger partial charge is 0.367 e. The molecule has 1 atom stereocenters. The summed E-state index contributed by atoms with van der Waals surface area (Å²) in [4.78, 5) is 14.8. The van der Waals surface area contributed by atoms with E-state index in [0.29, 0.717) is 6.04 Å². The van der Waals surface area contributed by atoms with Gasteiger partial charge < -0.3 is 10.2 Å². The minimum absolute atomic E-state index is 0.338. The summed E-state index contributed by atoms with van der Waals surface area (Å²) in [6.45, 7) is 5.11. The van der Waals surface area contributed by atoms with Gasteiger partial charge in [0.25, 0.3) is 0 Å². The molecule has 0 unspecified atom stereocenters. The van der Waals surface area contributed by atoms with E-state index >= 15 is 0 Å². The number of hydrogen-bond donors (Lipinski definition) is 1. The van der Waals surface area contributed by atoms with E-state index in [1.54, 1.807) is 29.0 Å². The maximum Gasteiger partial charge on any atom is 0.138 e. The Balaban J connectivity index is 1.87. The fourth-order valence-electron chi connectivity index (χ4n) is 2.53. The number of nitrogens with zero attached hydrogens (tertiary/aromatic N) is 3. The lowest BCUT2D eigenvalue weighted by Gasteiger charge is -2.24. The summed E-state index contributed by atoms with van der Waals surface area (Å²) in [5, 5.41) is 6.82. The molecule has 3 aromatic heterocycles. The van der Waals surface area contributed by atoms with Crippen LogP contribution in [0.4, 0.5) is 5.82 Å². The van der Waals surface area contributed by atoms with Gasteiger partial charge in [0, 0.05) is 16.3 Å². The van der Waals surface area contributed by atoms with Crippen LogP contribution in [-0.2, 0) is 0 Å². The Bertz CT molecular complexity index is 762. The molecule has 6 heteroatoms. The third kappa shape index (κ3) is 2.86. The second kappa shape index (κ2) is 6.32. The summed E-state index contributed by atoms with van der Waals surface area (Å²) >= 11 is 3.52. The Morgan fingerprint density at radius 1 is 1.27 bits per heavy atom. The monoisotopic (exact) mass is 332 g/mol. The van der Waals surface area contributed by atoms with Crippen molar-refractivity contribution < 1.29 is 0 Å². The average molecular weight is 332 g/mol. The third-order valence-corrected chi connectivity index (χ3v) is 6.01. The molecular weight excluding hydrogens is 312 g/mol. The van der Waals surface area contributed by atoms with Crippen LogP contribution in [-0.4, -0.2) is 35.5 Å². The van der Waals surface area contributed by atoms with E-state index in [-0.39, 0.29) is 0 Å². The van der Waals surface area contributed by atoms with Crippen molar-refractivity contribution in [3.63, 3.8) is 0 Å². The number of fused-ring (bicyclic) bond motifs is 1. The zero-order valence-corrected chi connectivity index (χ0v) is 14.9. The molecule has 0 spiro atoms. The lowest BCUT2D eigenvalue weighted by Crippen LogP contribution is -2.26. The highest BCUT2D eigenvalue weighted by molar-refractivity contribution is 7.18. The predicted molar refractivity (Wildman–Crippen MR) is 96.1 cm³/mol. The van der Waals surface area contributed by atoms with E-state index in [2.05, 4.69) is 65.6 Å². The fraction of sp³-hybridized carbons (Fsp3) is 0.375. The van der Waals surface area contributed by atoms with Gasteiger partial charge in [-0.2, -0.15) is 0 Å². The molecule has 3 aromatic rings. The Hall–Kier alpha value is -1.50. The molecule has 0 saturated heterocycles. The van der Waals surface area contributed by atoms with Crippen LogP contribution >= 0.6 is 22.7 Å². The Morgan fingerprint density at radius 2 is 2.09 bits per heavy atom. The van der Waals surface area contributed by atoms with Crippen LogP contribution in [0.2, 0.25) is 0 Å². The molecule has 0 radical (unpaired) electrons. The van der Waals surface area contributed by atoms with Crippen LogP contribution < -0.4 is 5.32 Å². The summed E-state index contributed by atoms with van der Waals surface area (Å²) in [5.41, 5.74) is 1.28. The number of hydrogen-bond acceptors (Lipinski definition) is 6. The molecule has 0 aliphatic carbocycles. The van der Waals surface area contributed by atoms with E-state index in [1.807, 2.05) is 0 Å². The van der Waals surface area contributed by atoms with Crippen LogP contribution in [0.5, 0.6) is 0 Å². The van der Waals surface area contributed by atoms with Crippen molar-refractivity contribution in [2.24, 2.45) is 0 Å². The molecule has 0 fully saturated rings. The second-order valence-corrected chi connectivity index (χ2v) is 7.74. The van der Waals surface area contributed by atoms with Crippen molar-refractivity contribution >= 4 is 38.7 Å². The normalized spacial score (nSPS) is 13.0. The van der Waals surface area contributed by atoms with Crippen LogP contribution in [0.1, 0.15) is 21.4 Å². The summed E-state index contributed by atoms with van der Waals surface area (Å²) in [6.07, 6.45) is 1.65. The van der Waals surface area contributed by atoms with Gasteiger partial charge in [0.2, 0.25) is 0 Å². The van der Waals surface area contributed by atoms with Gasteiger partial charge in [-0.15, -0.1) is 22.7 Å². The minimum atomic E-state index is 0.338. The molecule has 1 N–H and O–H groups in total. The van der Waals surface area contributed by atoms with Gasteiger partial charge >= 0.3 is 0 Å². The van der Waals surface area contributed by atoms with Gasteiger partial charge in [0.1, 0.15) is 17.0 Å². The number of aryl methyl sites for hydroxylation is 2. The van der Waals surface area contributed by atoms with Gasteiger partial charge in [-0.25, -0.2) is 9.97 Å². The summed E-state index contributed by atoms with van der Waals surface area (Å²) in [7, 11) is 4.23. The molecule has 0 saturated carbocycles. The molecule has 0 aliphatic rings. The van der Waals surface area contributed by atoms with Crippen molar-refractivity contribution in [1.82, 2.24) is 14.9 Å². The van der Waals surface area contributed by atoms with E-state index in [4.69, 9.17) is 0 Å². The highest BCUT2D eigenvalue weighted by Crippen LogP contribution is 2.33. The first-order chi connectivity index (χ1) is 10.6. The summed E-state index contributed by atoms with van der Waals surface area (Å²) in [6, 6.07) is 4.63. The first-order valence-electron chi connectivity index (χ1n) is 7.22. The third-order valence-electron chi connectivity index (χ3n) is 3.92. The van der Waals surface area contributed by atoms with Crippen LogP contribution in [0.3, 0.4) is 0 Å². The zero-order valence-electron chi connectivity index (χ0n) is 13.3. The Kier molecular flexibility index (Phi) is 4.42. The zero-order chi connectivity index (χ0) is 15.7. The second-order valence-electron chi connectivity index (χ2n) is 5.56. The highest BCUT2D eigenvalue weighted by atomic mass is 32.1. The molecule has 4 nitrogen and oxygen atoms in total. The highest BCUT2D eigenvalue weighted by Gasteiger charge is 2.17. The predicted octanol–water partition coefficient (Wildman–Crippen LogP) is 4.08. The van der Waals surface area contributed by atoms with E-state index in [1.165, 1.54) is 15.3 Å². The van der Waals surface area contributed by atoms with Crippen LogP contribution in [0.25, 0.3) is 10.2 Å². The van der Waals surface area contributed by atoms with E-state index < -0.39 is 0 Å². The number of likely N-dealkylation sites (N-methyl/N-ethyl adjacent to an activating group) is 1. The number of aromatic nitrogens is 2. The molecule has 0 amide bonds. The Morgan fingerprint density at radius 3 is 2.77 bits per heavy atom. The lowest BCUT2D eigenvalue weighted by molar-refractivity contribution is 0.316. The topological polar surface area (TPSA) is 41.1 Å². The molecule has 116 valence electrons. The van der Waals surface area contributed by atoms with Crippen molar-refractivity contribution in [1.29, 1.82) is 0 Å². The maximum atomic E-state index is 4.46. The van der Waals surface area contributed by atoms with Gasteiger partial charge in [-0.3, -0.25) is 0 Å². The molecular formula is C16H20N4S2. The minimum Gasteiger partial charge on any atom is -0.367 e. The first kappa shape index (κ1) is 15.4. The quantitative estimate of drug-likeness (QED) is 0.764. The number of anilines is 1. The molecule has 22 heavy (non-hydrogen) atoms. The molecule has 0 bridgehead atoms. The van der Waals surface area contributed by atoms with Gasteiger partial charge in [0.15, 0.2) is 0 Å². The van der Waals surface area contributed by atoms with Gasteiger partial charge in [-0.05, 0) is 45.0 Å². The van der Waals surface area contributed by atoms with Gasteiger partial charge in [0.05, 0.1) is 11.4 Å². The van der Waals surface area contributed by atoms with Crippen molar-refractivity contribution in [3.8, 4) is 0 Å². The SMILES string of the molecule is Cc1sc2ncnc(NC[C@@H](c3cccs3)N(C)C)c2c1C. The van der Waals surface area contributed by atoms with Crippen molar-refractivity contribution in [2.75, 3.05) is 26.0 Å². The lowest BCUT2D eigenvalue weighted by atomic mass is 10.2. The smallest absolute Gasteiger partial charge is 0.138 e.